The highest BCUT2D eigenvalue weighted by molar-refractivity contribution is 5.85. The molecule has 22 heavy (non-hydrogen) atoms. The van der Waals surface area contributed by atoms with E-state index in [1.54, 1.807) is 12.1 Å². The van der Waals surface area contributed by atoms with E-state index < -0.39 is 0 Å². The second-order valence-corrected chi connectivity index (χ2v) is 4.75. The van der Waals surface area contributed by atoms with Gasteiger partial charge in [0.1, 0.15) is 5.75 Å². The molecule has 3 rings (SSSR count). The van der Waals surface area contributed by atoms with Crippen molar-refractivity contribution < 1.29 is 5.11 Å². The summed E-state index contributed by atoms with van der Waals surface area (Å²) in [5.41, 5.74) is 9.18. The standard InChI is InChI=1S/C18H16N2O.ClH/c19-17-13-16(11-12-18(17)21)20(14-7-3-1-4-8-14)15-9-5-2-6-10-15;/h1-13,21H,19H2;1H. The van der Waals surface area contributed by atoms with Gasteiger partial charge in [-0.3, -0.25) is 0 Å². The van der Waals surface area contributed by atoms with E-state index in [4.69, 9.17) is 5.73 Å². The van der Waals surface area contributed by atoms with Crippen molar-refractivity contribution >= 4 is 35.2 Å². The summed E-state index contributed by atoms with van der Waals surface area (Å²) in [6.45, 7) is 0. The van der Waals surface area contributed by atoms with Crippen LogP contribution in [0, 0.1) is 0 Å². The summed E-state index contributed by atoms with van der Waals surface area (Å²) in [5.74, 6) is 0.0971. The second-order valence-electron chi connectivity index (χ2n) is 4.75. The lowest BCUT2D eigenvalue weighted by molar-refractivity contribution is 0.478. The molecule has 0 saturated heterocycles. The van der Waals surface area contributed by atoms with Crippen molar-refractivity contribution in [2.45, 2.75) is 0 Å². The van der Waals surface area contributed by atoms with Crippen LogP contribution in [0.4, 0.5) is 22.7 Å². The summed E-state index contributed by atoms with van der Waals surface area (Å²) >= 11 is 0. The van der Waals surface area contributed by atoms with Crippen molar-refractivity contribution in [2.24, 2.45) is 0 Å². The van der Waals surface area contributed by atoms with Gasteiger partial charge in [0.05, 0.1) is 5.69 Å². The Morgan fingerprint density at radius 2 is 1.18 bits per heavy atom. The summed E-state index contributed by atoms with van der Waals surface area (Å²) < 4.78 is 0. The molecule has 0 amide bonds. The van der Waals surface area contributed by atoms with Gasteiger partial charge >= 0.3 is 0 Å². The lowest BCUT2D eigenvalue weighted by atomic mass is 10.1. The fourth-order valence-electron chi connectivity index (χ4n) is 2.28. The topological polar surface area (TPSA) is 49.5 Å². The van der Waals surface area contributed by atoms with E-state index in [1.807, 2.05) is 66.7 Å². The monoisotopic (exact) mass is 312 g/mol. The summed E-state index contributed by atoms with van der Waals surface area (Å²) in [5, 5.41) is 9.62. The zero-order valence-electron chi connectivity index (χ0n) is 11.9. The fourth-order valence-corrected chi connectivity index (χ4v) is 2.28. The highest BCUT2D eigenvalue weighted by Gasteiger charge is 2.12. The molecule has 3 nitrogen and oxygen atoms in total. The summed E-state index contributed by atoms with van der Waals surface area (Å²) in [4.78, 5) is 2.09. The number of halogens is 1. The predicted molar refractivity (Wildman–Crippen MR) is 94.5 cm³/mol. The number of hydrogen-bond acceptors (Lipinski definition) is 3. The molecule has 0 aliphatic carbocycles. The molecule has 4 heteroatoms. The molecule has 0 aromatic heterocycles. The molecule has 0 saturated carbocycles. The quantitative estimate of drug-likeness (QED) is 0.536. The first-order valence-corrected chi connectivity index (χ1v) is 6.74. The number of nitrogens with two attached hydrogens (primary N) is 1. The van der Waals surface area contributed by atoms with E-state index in [0.29, 0.717) is 5.69 Å². The molecule has 0 radical (unpaired) electrons. The van der Waals surface area contributed by atoms with Crippen LogP contribution in [0.5, 0.6) is 5.75 Å². The van der Waals surface area contributed by atoms with Gasteiger partial charge in [-0.1, -0.05) is 36.4 Å². The van der Waals surface area contributed by atoms with Crippen molar-refractivity contribution in [1.29, 1.82) is 0 Å². The lowest BCUT2D eigenvalue weighted by Gasteiger charge is -2.25. The van der Waals surface area contributed by atoms with Crippen LogP contribution in [0.25, 0.3) is 0 Å². The Kier molecular flexibility index (Phi) is 4.92. The van der Waals surface area contributed by atoms with E-state index in [-0.39, 0.29) is 18.2 Å². The van der Waals surface area contributed by atoms with Gasteiger partial charge in [-0.2, -0.15) is 0 Å². The van der Waals surface area contributed by atoms with Crippen LogP contribution in [-0.4, -0.2) is 5.11 Å². The van der Waals surface area contributed by atoms with Crippen LogP contribution in [0.1, 0.15) is 0 Å². The first-order chi connectivity index (χ1) is 10.3. The molecular formula is C18H17ClN2O. The minimum absolute atomic E-state index is 0. The number of anilines is 4. The first-order valence-electron chi connectivity index (χ1n) is 6.74. The normalized spacial score (nSPS) is 9.82. The van der Waals surface area contributed by atoms with Gasteiger partial charge in [0, 0.05) is 17.1 Å². The number of para-hydroxylation sites is 2. The van der Waals surface area contributed by atoms with Crippen molar-refractivity contribution in [3.63, 3.8) is 0 Å². The molecule has 0 aliphatic heterocycles. The van der Waals surface area contributed by atoms with Crippen LogP contribution in [0.15, 0.2) is 78.9 Å². The Balaban J connectivity index is 0.00000176. The van der Waals surface area contributed by atoms with Crippen LogP contribution < -0.4 is 10.6 Å². The average Bonchev–Trinajstić information content (AvgIpc) is 2.53. The van der Waals surface area contributed by atoms with Crippen molar-refractivity contribution in [3.8, 4) is 5.75 Å². The zero-order chi connectivity index (χ0) is 14.7. The number of nitrogens with zero attached hydrogens (tertiary/aromatic N) is 1. The molecule has 3 aromatic carbocycles. The van der Waals surface area contributed by atoms with E-state index in [0.717, 1.165) is 17.1 Å². The minimum atomic E-state index is 0. The molecule has 0 bridgehead atoms. The Morgan fingerprint density at radius 1 is 0.682 bits per heavy atom. The minimum Gasteiger partial charge on any atom is -0.506 e. The summed E-state index contributed by atoms with van der Waals surface area (Å²) in [6, 6.07) is 25.3. The highest BCUT2D eigenvalue weighted by Crippen LogP contribution is 2.36. The third-order valence-electron chi connectivity index (χ3n) is 3.30. The average molecular weight is 313 g/mol. The van der Waals surface area contributed by atoms with E-state index in [9.17, 15) is 5.11 Å². The molecule has 0 aliphatic rings. The Morgan fingerprint density at radius 3 is 1.64 bits per heavy atom. The zero-order valence-corrected chi connectivity index (χ0v) is 12.7. The van der Waals surface area contributed by atoms with Gasteiger partial charge in [-0.25, -0.2) is 0 Å². The Hall–Kier alpha value is -2.65. The van der Waals surface area contributed by atoms with Gasteiger partial charge < -0.3 is 15.7 Å². The van der Waals surface area contributed by atoms with Gasteiger partial charge in [-0.15, -0.1) is 12.4 Å². The second kappa shape index (κ2) is 6.87. The molecule has 3 N–H and O–H groups in total. The maximum Gasteiger partial charge on any atom is 0.138 e. The fraction of sp³-hybridized carbons (Fsp3) is 0. The third-order valence-corrected chi connectivity index (χ3v) is 3.30. The van der Waals surface area contributed by atoms with Crippen molar-refractivity contribution in [1.82, 2.24) is 0 Å². The maximum absolute atomic E-state index is 9.62. The number of rotatable bonds is 3. The largest absolute Gasteiger partial charge is 0.506 e. The van der Waals surface area contributed by atoms with Crippen molar-refractivity contribution in [3.05, 3.63) is 78.9 Å². The lowest BCUT2D eigenvalue weighted by Crippen LogP contribution is -2.09. The van der Waals surface area contributed by atoms with E-state index in [2.05, 4.69) is 4.90 Å². The van der Waals surface area contributed by atoms with Gasteiger partial charge in [0.15, 0.2) is 0 Å². The van der Waals surface area contributed by atoms with Crippen molar-refractivity contribution in [2.75, 3.05) is 10.6 Å². The van der Waals surface area contributed by atoms with E-state index in [1.165, 1.54) is 0 Å². The molecule has 0 heterocycles. The SMILES string of the molecule is Cl.Nc1cc(N(c2ccccc2)c2ccccc2)ccc1O. The number of hydrogen-bond donors (Lipinski definition) is 2. The summed E-state index contributed by atoms with van der Waals surface area (Å²) in [6.07, 6.45) is 0. The maximum atomic E-state index is 9.62. The molecule has 3 aromatic rings. The van der Waals surface area contributed by atoms with Crippen LogP contribution in [0.3, 0.4) is 0 Å². The predicted octanol–water partition coefficient (Wildman–Crippen LogP) is 4.87. The van der Waals surface area contributed by atoms with Gasteiger partial charge in [0.25, 0.3) is 0 Å². The molecule has 112 valence electrons. The smallest absolute Gasteiger partial charge is 0.138 e. The molecular weight excluding hydrogens is 296 g/mol. The summed E-state index contributed by atoms with van der Waals surface area (Å²) in [7, 11) is 0. The molecule has 0 atom stereocenters. The van der Waals surface area contributed by atoms with Crippen LogP contribution in [0.2, 0.25) is 0 Å². The third kappa shape index (κ3) is 3.15. The highest BCUT2D eigenvalue weighted by atomic mass is 35.5. The van der Waals surface area contributed by atoms with Crippen LogP contribution >= 0.6 is 12.4 Å². The van der Waals surface area contributed by atoms with Crippen LogP contribution in [-0.2, 0) is 0 Å². The molecule has 0 unspecified atom stereocenters. The Bertz CT molecular complexity index is 693. The van der Waals surface area contributed by atoms with Gasteiger partial charge in [-0.05, 0) is 42.5 Å². The number of phenolic OH excluding ortho intramolecular Hbond substituents is 1. The molecule has 0 fully saturated rings. The number of nitrogen functional groups attached to an aromatic ring is 1. The molecule has 0 spiro atoms. The first kappa shape index (κ1) is 15.7. The number of phenols is 1. The van der Waals surface area contributed by atoms with E-state index >= 15 is 0 Å². The Labute approximate surface area is 136 Å². The number of benzene rings is 3. The number of aromatic hydroxyl groups is 1. The van der Waals surface area contributed by atoms with Gasteiger partial charge in [0.2, 0.25) is 0 Å².